The van der Waals surface area contributed by atoms with Gasteiger partial charge in [0.2, 0.25) is 0 Å². The van der Waals surface area contributed by atoms with Crippen LogP contribution < -0.4 is 15.1 Å². The second-order valence-electron chi connectivity index (χ2n) is 9.03. The molecule has 8 heteroatoms. The topological polar surface area (TPSA) is 90.8 Å². The molecular formula is C26H37N5O3. The number of hydrogen-bond donors (Lipinski definition) is 2. The summed E-state index contributed by atoms with van der Waals surface area (Å²) >= 11 is 0. The Kier molecular flexibility index (Phi) is 8.50. The molecule has 1 aliphatic rings. The number of methoxy groups -OCH3 is 1. The summed E-state index contributed by atoms with van der Waals surface area (Å²) in [6.07, 6.45) is 1.99. The number of anilines is 4. The van der Waals surface area contributed by atoms with E-state index >= 15 is 0 Å². The van der Waals surface area contributed by atoms with Crippen LogP contribution in [0.3, 0.4) is 0 Å². The molecular weight excluding hydrogens is 430 g/mol. The molecule has 0 aliphatic carbocycles. The largest absolute Gasteiger partial charge is 0.461 e. The average molecular weight is 468 g/mol. The van der Waals surface area contributed by atoms with Crippen LogP contribution in [0.4, 0.5) is 22.9 Å². The second kappa shape index (κ2) is 11.3. The number of rotatable bonds is 9. The first-order valence-corrected chi connectivity index (χ1v) is 11.9. The molecule has 0 spiro atoms. The fraction of sp³-hybridized carbons (Fsp3) is 0.500. The molecule has 1 aromatic carbocycles. The highest BCUT2D eigenvalue weighted by molar-refractivity contribution is 6.09. The summed E-state index contributed by atoms with van der Waals surface area (Å²) in [5.74, 6) is 0.00596. The monoisotopic (exact) mass is 467 g/mol. The molecule has 2 N–H and O–H groups in total. The molecule has 0 bridgehead atoms. The summed E-state index contributed by atoms with van der Waals surface area (Å²) in [6.45, 7) is 7.60. The number of aromatic nitrogens is 1. The quantitative estimate of drug-likeness (QED) is 0.408. The fourth-order valence-corrected chi connectivity index (χ4v) is 4.07. The highest BCUT2D eigenvalue weighted by Gasteiger charge is 2.28. The van der Waals surface area contributed by atoms with Gasteiger partial charge < -0.3 is 30.0 Å². The number of ether oxygens (including phenoxy) is 2. The van der Waals surface area contributed by atoms with Crippen LogP contribution in [0.1, 0.15) is 49.7 Å². The minimum Gasteiger partial charge on any atom is -0.461 e. The van der Waals surface area contributed by atoms with Gasteiger partial charge in [-0.2, -0.15) is 0 Å². The molecule has 184 valence electrons. The van der Waals surface area contributed by atoms with Crippen LogP contribution in [0.5, 0.6) is 0 Å². The lowest BCUT2D eigenvalue weighted by Gasteiger charge is -2.35. The van der Waals surface area contributed by atoms with E-state index in [1.807, 2.05) is 57.1 Å². The number of nitrogens with zero attached hydrogens (tertiary/aromatic N) is 3. The Morgan fingerprint density at radius 2 is 1.97 bits per heavy atom. The van der Waals surface area contributed by atoms with Gasteiger partial charge >= 0.3 is 5.97 Å². The van der Waals surface area contributed by atoms with E-state index < -0.39 is 5.97 Å². The number of piperidine rings is 1. The Hall–Kier alpha value is -3.13. The fourth-order valence-electron chi connectivity index (χ4n) is 4.07. The number of esters is 1. The molecule has 3 rings (SSSR count). The van der Waals surface area contributed by atoms with E-state index in [0.717, 1.165) is 43.0 Å². The standard InChI is InChI=1S/C26H37N5O3/c1-7-34-26(32)21-16-22(31-13-11-20(33-6)12-14-31)23(24(27)17(2)3)25(29-21)28-18-9-8-10-19(15-18)30(4)5/h8-10,15-17,20,27H,7,11-14H2,1-6H3,(H,28,29). The van der Waals surface area contributed by atoms with Gasteiger partial charge in [-0.05, 0) is 49.9 Å². The number of carbonyl (C=O) groups is 1. The third-order valence-corrected chi connectivity index (χ3v) is 6.07. The molecule has 0 radical (unpaired) electrons. The van der Waals surface area contributed by atoms with Crippen molar-refractivity contribution in [2.24, 2.45) is 5.92 Å². The summed E-state index contributed by atoms with van der Waals surface area (Å²) in [6, 6.07) is 9.75. The van der Waals surface area contributed by atoms with Crippen LogP contribution in [-0.4, -0.2) is 63.7 Å². The number of benzene rings is 1. The lowest BCUT2D eigenvalue weighted by atomic mass is 9.96. The molecule has 1 fully saturated rings. The zero-order chi connectivity index (χ0) is 24.8. The van der Waals surface area contributed by atoms with Crippen LogP contribution >= 0.6 is 0 Å². The Balaban J connectivity index is 2.14. The van der Waals surface area contributed by atoms with E-state index in [9.17, 15) is 4.79 Å². The van der Waals surface area contributed by atoms with Gasteiger partial charge in [0.05, 0.1) is 24.0 Å². The molecule has 1 aromatic heterocycles. The maximum Gasteiger partial charge on any atom is 0.357 e. The smallest absolute Gasteiger partial charge is 0.357 e. The van der Waals surface area contributed by atoms with E-state index in [1.165, 1.54) is 0 Å². The van der Waals surface area contributed by atoms with Crippen molar-refractivity contribution >= 4 is 34.6 Å². The summed E-state index contributed by atoms with van der Waals surface area (Å²) in [7, 11) is 5.72. The Morgan fingerprint density at radius 1 is 1.26 bits per heavy atom. The van der Waals surface area contributed by atoms with Gasteiger partial charge in [-0.1, -0.05) is 19.9 Å². The van der Waals surface area contributed by atoms with Gasteiger partial charge in [-0.15, -0.1) is 0 Å². The highest BCUT2D eigenvalue weighted by Crippen LogP contribution is 2.34. The molecule has 0 saturated carbocycles. The second-order valence-corrected chi connectivity index (χ2v) is 9.03. The van der Waals surface area contributed by atoms with Crippen LogP contribution in [0.25, 0.3) is 0 Å². The van der Waals surface area contributed by atoms with Gasteiger partial charge in [0.25, 0.3) is 0 Å². The van der Waals surface area contributed by atoms with E-state index in [4.69, 9.17) is 14.9 Å². The first-order chi connectivity index (χ1) is 16.2. The van der Waals surface area contributed by atoms with E-state index in [-0.39, 0.29) is 24.3 Å². The lowest BCUT2D eigenvalue weighted by Crippen LogP contribution is -2.38. The van der Waals surface area contributed by atoms with E-state index in [1.54, 1.807) is 20.1 Å². The predicted molar refractivity (Wildman–Crippen MR) is 138 cm³/mol. The zero-order valence-electron chi connectivity index (χ0n) is 21.1. The van der Waals surface area contributed by atoms with Gasteiger partial charge in [0.1, 0.15) is 5.82 Å². The summed E-state index contributed by atoms with van der Waals surface area (Å²) < 4.78 is 10.8. The predicted octanol–water partition coefficient (Wildman–Crippen LogP) is 4.71. The number of hydrogen-bond acceptors (Lipinski definition) is 8. The zero-order valence-corrected chi connectivity index (χ0v) is 21.1. The van der Waals surface area contributed by atoms with Crippen molar-refractivity contribution in [3.63, 3.8) is 0 Å². The molecule has 0 amide bonds. The maximum atomic E-state index is 12.7. The van der Waals surface area contributed by atoms with Crippen molar-refractivity contribution in [1.82, 2.24) is 4.98 Å². The van der Waals surface area contributed by atoms with Crippen molar-refractivity contribution in [1.29, 1.82) is 5.41 Å². The number of carbonyl (C=O) groups excluding carboxylic acids is 1. The first kappa shape index (κ1) is 25.5. The van der Waals surface area contributed by atoms with Crippen molar-refractivity contribution in [2.75, 3.05) is 56.0 Å². The third-order valence-electron chi connectivity index (χ3n) is 6.07. The minimum atomic E-state index is -0.469. The minimum absolute atomic E-state index is 0.0147. The van der Waals surface area contributed by atoms with Crippen molar-refractivity contribution in [2.45, 2.75) is 39.7 Å². The van der Waals surface area contributed by atoms with Crippen LogP contribution in [0.15, 0.2) is 30.3 Å². The summed E-state index contributed by atoms with van der Waals surface area (Å²) in [5.41, 5.74) is 4.12. The molecule has 2 aromatic rings. The molecule has 2 heterocycles. The Labute approximate surface area is 202 Å². The van der Waals surface area contributed by atoms with Crippen molar-refractivity contribution in [3.8, 4) is 0 Å². The van der Waals surface area contributed by atoms with Crippen molar-refractivity contribution in [3.05, 3.63) is 41.6 Å². The first-order valence-electron chi connectivity index (χ1n) is 11.9. The van der Waals surface area contributed by atoms with Crippen LogP contribution in [0.2, 0.25) is 0 Å². The average Bonchev–Trinajstić information content (AvgIpc) is 2.83. The maximum absolute atomic E-state index is 12.7. The van der Waals surface area contributed by atoms with Gasteiger partial charge in [0, 0.05) is 51.4 Å². The molecule has 0 atom stereocenters. The van der Waals surface area contributed by atoms with Gasteiger partial charge in [-0.25, -0.2) is 9.78 Å². The molecule has 34 heavy (non-hydrogen) atoms. The molecule has 8 nitrogen and oxygen atoms in total. The van der Waals surface area contributed by atoms with Crippen LogP contribution in [0, 0.1) is 11.3 Å². The lowest BCUT2D eigenvalue weighted by molar-refractivity contribution is 0.0519. The summed E-state index contributed by atoms with van der Waals surface area (Å²) in [4.78, 5) is 21.6. The van der Waals surface area contributed by atoms with Crippen LogP contribution in [-0.2, 0) is 9.47 Å². The Morgan fingerprint density at radius 3 is 2.56 bits per heavy atom. The third kappa shape index (κ3) is 5.86. The molecule has 1 saturated heterocycles. The molecule has 0 unspecified atom stereocenters. The Bertz CT molecular complexity index is 1010. The molecule has 1 aliphatic heterocycles. The van der Waals surface area contributed by atoms with Crippen molar-refractivity contribution < 1.29 is 14.3 Å². The van der Waals surface area contributed by atoms with E-state index in [2.05, 4.69) is 15.2 Å². The van der Waals surface area contributed by atoms with E-state index in [0.29, 0.717) is 17.1 Å². The highest BCUT2D eigenvalue weighted by atomic mass is 16.5. The van der Waals surface area contributed by atoms with Gasteiger partial charge in [0.15, 0.2) is 5.69 Å². The number of pyridine rings is 1. The SMILES string of the molecule is CCOC(=O)c1cc(N2CCC(OC)CC2)c(C(=N)C(C)C)c(Nc2cccc(N(C)C)c2)n1. The summed E-state index contributed by atoms with van der Waals surface area (Å²) in [5, 5.41) is 12.3. The number of nitrogens with one attached hydrogen (secondary N) is 2. The van der Waals surface area contributed by atoms with Gasteiger partial charge in [-0.3, -0.25) is 0 Å². The normalized spacial score (nSPS) is 14.3.